The first-order valence-electron chi connectivity index (χ1n) is 10.2. The van der Waals surface area contributed by atoms with Crippen molar-refractivity contribution in [3.63, 3.8) is 0 Å². The third kappa shape index (κ3) is 4.09. The second-order valence-electron chi connectivity index (χ2n) is 7.61. The molecule has 1 aliphatic carbocycles. The van der Waals surface area contributed by atoms with Gasteiger partial charge in [-0.3, -0.25) is 19.9 Å². The Kier molecular flexibility index (Phi) is 4.81. The van der Waals surface area contributed by atoms with E-state index in [0.29, 0.717) is 28.8 Å². The van der Waals surface area contributed by atoms with Crippen LogP contribution in [0.4, 0.5) is 5.95 Å². The second-order valence-corrected chi connectivity index (χ2v) is 7.61. The third-order valence-electron chi connectivity index (χ3n) is 5.15. The van der Waals surface area contributed by atoms with Crippen molar-refractivity contribution in [1.29, 1.82) is 0 Å². The molecule has 158 valence electrons. The van der Waals surface area contributed by atoms with Crippen molar-refractivity contribution in [3.8, 4) is 6.01 Å². The van der Waals surface area contributed by atoms with Crippen LogP contribution in [-0.4, -0.2) is 42.4 Å². The van der Waals surface area contributed by atoms with E-state index in [4.69, 9.17) is 4.74 Å². The quantitative estimate of drug-likeness (QED) is 0.438. The van der Waals surface area contributed by atoms with Gasteiger partial charge in [-0.15, -0.1) is 0 Å². The van der Waals surface area contributed by atoms with Gasteiger partial charge >= 0.3 is 6.01 Å². The maximum atomic E-state index is 11.9. The first kappa shape index (κ1) is 19.2. The molecule has 0 atom stereocenters. The summed E-state index contributed by atoms with van der Waals surface area (Å²) in [6, 6.07) is 4.47. The molecule has 2 aliphatic rings. The molecule has 0 bridgehead atoms. The number of hydrogen-bond acceptors (Lipinski definition) is 8. The van der Waals surface area contributed by atoms with Crippen LogP contribution >= 0.6 is 0 Å². The number of hydrogen-bond donors (Lipinski definition) is 2. The maximum Gasteiger partial charge on any atom is 0.322 e. The lowest BCUT2D eigenvalue weighted by Crippen LogP contribution is -2.19. The fourth-order valence-electron chi connectivity index (χ4n) is 3.24. The molecule has 0 radical (unpaired) electrons. The van der Waals surface area contributed by atoms with Gasteiger partial charge in [0.15, 0.2) is 5.65 Å². The van der Waals surface area contributed by atoms with Crippen molar-refractivity contribution < 1.29 is 14.3 Å². The molecular weight excluding hydrogens is 398 g/mol. The van der Waals surface area contributed by atoms with E-state index < -0.39 is 5.91 Å². The fraction of sp³-hybridized carbons (Fsp3) is 0.333. The molecule has 2 N–H and O–H groups in total. The number of rotatable bonds is 7. The van der Waals surface area contributed by atoms with Gasteiger partial charge < -0.3 is 10.1 Å². The van der Waals surface area contributed by atoms with E-state index in [9.17, 15) is 9.59 Å². The SMILES string of the molecule is CCc1ccc(COc2nc(NC3CC3)n3ncc(/C=C4\CC(=O)NC4=O)c3n2)nc1. The molecule has 4 heterocycles. The molecule has 3 aromatic rings. The summed E-state index contributed by atoms with van der Waals surface area (Å²) < 4.78 is 7.41. The first-order chi connectivity index (χ1) is 15.1. The summed E-state index contributed by atoms with van der Waals surface area (Å²) in [5.74, 6) is -0.190. The number of nitrogens with one attached hydrogen (secondary N) is 2. The van der Waals surface area contributed by atoms with Crippen LogP contribution in [0.25, 0.3) is 11.7 Å². The average Bonchev–Trinajstić information content (AvgIpc) is 3.41. The molecule has 0 spiro atoms. The van der Waals surface area contributed by atoms with Crippen LogP contribution in [0.1, 0.15) is 43.0 Å². The maximum absolute atomic E-state index is 11.9. The molecule has 1 aliphatic heterocycles. The summed E-state index contributed by atoms with van der Waals surface area (Å²) in [7, 11) is 0. The highest BCUT2D eigenvalue weighted by Gasteiger charge is 2.26. The van der Waals surface area contributed by atoms with Crippen molar-refractivity contribution in [3.05, 3.63) is 46.9 Å². The number of carbonyl (C=O) groups is 2. The highest BCUT2D eigenvalue weighted by atomic mass is 16.5. The van der Waals surface area contributed by atoms with E-state index in [1.54, 1.807) is 16.8 Å². The fourth-order valence-corrected chi connectivity index (χ4v) is 3.24. The number of aromatic nitrogens is 5. The number of pyridine rings is 1. The molecule has 10 nitrogen and oxygen atoms in total. The Hall–Kier alpha value is -3.82. The van der Waals surface area contributed by atoms with E-state index in [1.165, 1.54) is 0 Å². The Bertz CT molecular complexity index is 1200. The molecule has 0 aromatic carbocycles. The van der Waals surface area contributed by atoms with Crippen LogP contribution in [0.3, 0.4) is 0 Å². The summed E-state index contributed by atoms with van der Waals surface area (Å²) in [5, 5.41) is 9.98. The zero-order valence-corrected chi connectivity index (χ0v) is 17.0. The largest absolute Gasteiger partial charge is 0.457 e. The lowest BCUT2D eigenvalue weighted by atomic mass is 10.1. The Labute approximate surface area is 177 Å². The predicted molar refractivity (Wildman–Crippen MR) is 111 cm³/mol. The smallest absolute Gasteiger partial charge is 0.322 e. The van der Waals surface area contributed by atoms with Crippen LogP contribution in [0, 0.1) is 0 Å². The number of amides is 2. The number of nitrogens with zero attached hydrogens (tertiary/aromatic N) is 5. The van der Waals surface area contributed by atoms with Gasteiger partial charge in [0.1, 0.15) is 6.61 Å². The molecule has 3 aromatic heterocycles. The van der Waals surface area contributed by atoms with E-state index in [2.05, 4.69) is 37.6 Å². The lowest BCUT2D eigenvalue weighted by Gasteiger charge is -2.09. The topological polar surface area (TPSA) is 123 Å². The normalized spacial score (nSPS) is 17.4. The monoisotopic (exact) mass is 419 g/mol. The Morgan fingerprint density at radius 1 is 1.26 bits per heavy atom. The molecule has 2 fully saturated rings. The van der Waals surface area contributed by atoms with Gasteiger partial charge in [-0.05, 0) is 37.0 Å². The number of fused-ring (bicyclic) bond motifs is 1. The number of aryl methyl sites for hydroxylation is 1. The minimum Gasteiger partial charge on any atom is -0.457 e. The average molecular weight is 419 g/mol. The van der Waals surface area contributed by atoms with Gasteiger partial charge in [0, 0.05) is 23.4 Å². The molecular formula is C21H21N7O3. The summed E-state index contributed by atoms with van der Waals surface area (Å²) in [6.45, 7) is 2.30. The van der Waals surface area contributed by atoms with Gasteiger partial charge in [-0.2, -0.15) is 19.6 Å². The van der Waals surface area contributed by atoms with Crippen molar-refractivity contribution in [2.24, 2.45) is 0 Å². The first-order valence-corrected chi connectivity index (χ1v) is 10.2. The Morgan fingerprint density at radius 2 is 2.13 bits per heavy atom. The summed E-state index contributed by atoms with van der Waals surface area (Å²) >= 11 is 0. The number of ether oxygens (including phenoxy) is 1. The van der Waals surface area contributed by atoms with Gasteiger partial charge in [-0.1, -0.05) is 13.0 Å². The van der Waals surface area contributed by atoms with Gasteiger partial charge in [0.2, 0.25) is 11.9 Å². The molecule has 1 saturated carbocycles. The number of imide groups is 1. The van der Waals surface area contributed by atoms with Crippen molar-refractivity contribution in [2.45, 2.75) is 45.3 Å². The molecule has 10 heteroatoms. The van der Waals surface area contributed by atoms with E-state index in [0.717, 1.165) is 30.5 Å². The van der Waals surface area contributed by atoms with Gasteiger partial charge in [0.25, 0.3) is 5.91 Å². The molecule has 1 saturated heterocycles. The van der Waals surface area contributed by atoms with Crippen molar-refractivity contribution in [1.82, 2.24) is 29.9 Å². The zero-order valence-electron chi connectivity index (χ0n) is 17.0. The Balaban J connectivity index is 1.46. The van der Waals surface area contributed by atoms with Crippen LogP contribution < -0.4 is 15.4 Å². The van der Waals surface area contributed by atoms with Gasteiger partial charge in [-0.25, -0.2) is 0 Å². The van der Waals surface area contributed by atoms with E-state index >= 15 is 0 Å². The van der Waals surface area contributed by atoms with Crippen molar-refractivity contribution >= 4 is 29.5 Å². The molecule has 2 amide bonds. The standard InChI is InChI=1S/C21H21N7O3/c1-2-12-3-4-16(22-9-12)11-31-21-26-18-14(7-13-8-17(29)25-19(13)30)10-23-28(18)20(27-21)24-15-5-6-15/h3-4,7,9-10,15H,2,5-6,8,11H2,1H3,(H,24,26,27)(H,25,29,30)/b13-7+. The predicted octanol–water partition coefficient (Wildman–Crippen LogP) is 1.66. The minimum atomic E-state index is -0.396. The minimum absolute atomic E-state index is 0.0389. The zero-order chi connectivity index (χ0) is 21.4. The van der Waals surface area contributed by atoms with Crippen LogP contribution in [0.2, 0.25) is 0 Å². The van der Waals surface area contributed by atoms with Crippen LogP contribution in [0.5, 0.6) is 6.01 Å². The summed E-state index contributed by atoms with van der Waals surface area (Å²) in [6.07, 6.45) is 8.15. The van der Waals surface area contributed by atoms with Crippen LogP contribution in [0.15, 0.2) is 30.1 Å². The summed E-state index contributed by atoms with van der Waals surface area (Å²) in [4.78, 5) is 36.8. The number of anilines is 1. The van der Waals surface area contributed by atoms with E-state index in [-0.39, 0.29) is 24.9 Å². The highest BCUT2D eigenvalue weighted by Crippen LogP contribution is 2.26. The molecule has 0 unspecified atom stereocenters. The van der Waals surface area contributed by atoms with Crippen molar-refractivity contribution in [2.75, 3.05) is 5.32 Å². The van der Waals surface area contributed by atoms with Gasteiger partial charge in [0.05, 0.1) is 18.3 Å². The Morgan fingerprint density at radius 3 is 2.81 bits per heavy atom. The number of carbonyl (C=O) groups excluding carboxylic acids is 2. The van der Waals surface area contributed by atoms with E-state index in [1.807, 2.05) is 18.3 Å². The molecule has 5 rings (SSSR count). The van der Waals surface area contributed by atoms with Crippen LogP contribution in [-0.2, 0) is 22.6 Å². The highest BCUT2D eigenvalue weighted by molar-refractivity contribution is 6.15. The third-order valence-corrected chi connectivity index (χ3v) is 5.15. The second kappa shape index (κ2) is 7.78. The summed E-state index contributed by atoms with van der Waals surface area (Å²) in [5.41, 5.74) is 3.40. The molecule has 31 heavy (non-hydrogen) atoms. The lowest BCUT2D eigenvalue weighted by molar-refractivity contribution is -0.124.